The highest BCUT2D eigenvalue weighted by Crippen LogP contribution is 2.29. The molecule has 170 valence electrons. The second-order valence-electron chi connectivity index (χ2n) is 6.60. The maximum absolute atomic E-state index is 12.3. The summed E-state index contributed by atoms with van der Waals surface area (Å²) in [5.41, 5.74) is 1.13. The average Bonchev–Trinajstić information content (AvgIpc) is 3.36. The van der Waals surface area contributed by atoms with Crippen molar-refractivity contribution < 1.29 is 23.9 Å². The molecule has 0 saturated heterocycles. The lowest BCUT2D eigenvalue weighted by atomic mass is 10.2. The summed E-state index contributed by atoms with van der Waals surface area (Å²) in [6.07, 6.45) is 4.34. The summed E-state index contributed by atoms with van der Waals surface area (Å²) in [6.45, 7) is 5.12. The summed E-state index contributed by atoms with van der Waals surface area (Å²) < 4.78 is 18.9. The lowest BCUT2D eigenvalue weighted by Crippen LogP contribution is -2.18. The number of hydrogen-bond donors (Lipinski definition) is 1. The van der Waals surface area contributed by atoms with Crippen LogP contribution >= 0.6 is 0 Å². The Labute approximate surface area is 183 Å². The number of nitrogens with zero attached hydrogens (tertiary/aromatic N) is 5. The number of benzene rings is 1. The first-order valence-corrected chi connectivity index (χ1v) is 9.90. The monoisotopic (exact) mass is 444 g/mol. The van der Waals surface area contributed by atoms with Crippen molar-refractivity contribution in [3.63, 3.8) is 0 Å². The molecule has 1 amide bonds. The van der Waals surface area contributed by atoms with Crippen LogP contribution in [0.1, 0.15) is 19.4 Å². The molecule has 0 aliphatic heterocycles. The maximum Gasteiger partial charge on any atom is 0.350 e. The number of hydrogen-bond acceptors (Lipinski definition) is 8. The average molecular weight is 444 g/mol. The Balaban J connectivity index is 1.63. The van der Waals surface area contributed by atoms with Crippen LogP contribution in [0.2, 0.25) is 0 Å². The Morgan fingerprint density at radius 3 is 2.56 bits per heavy atom. The number of aromatic nitrogens is 4. The van der Waals surface area contributed by atoms with Gasteiger partial charge in [-0.25, -0.2) is 0 Å². The number of nitrogens with one attached hydrogen (secondary N) is 1. The van der Waals surface area contributed by atoms with Gasteiger partial charge in [0.15, 0.2) is 11.5 Å². The summed E-state index contributed by atoms with van der Waals surface area (Å²) in [7, 11) is 1.27. The van der Waals surface area contributed by atoms with Gasteiger partial charge in [-0.3, -0.25) is 24.3 Å². The predicted octanol–water partition coefficient (Wildman–Crippen LogP) is 2.48. The van der Waals surface area contributed by atoms with Crippen molar-refractivity contribution in [2.75, 3.05) is 25.6 Å². The third-order valence-corrected chi connectivity index (χ3v) is 4.27. The van der Waals surface area contributed by atoms with Crippen molar-refractivity contribution in [1.29, 1.82) is 0 Å². The number of amides is 1. The molecule has 3 rings (SSSR count). The van der Waals surface area contributed by atoms with E-state index in [0.29, 0.717) is 36.9 Å². The summed E-state index contributed by atoms with van der Waals surface area (Å²) in [5, 5.41) is 21.8. The van der Waals surface area contributed by atoms with E-state index in [1.165, 1.54) is 13.3 Å². The highest BCUT2D eigenvalue weighted by molar-refractivity contribution is 5.90. The number of nitro groups is 1. The molecule has 0 saturated carbocycles. The maximum atomic E-state index is 12.3. The molecule has 0 aliphatic rings. The van der Waals surface area contributed by atoms with Gasteiger partial charge in [-0.15, -0.1) is 5.10 Å². The second kappa shape index (κ2) is 10.3. The van der Waals surface area contributed by atoms with Crippen LogP contribution in [0, 0.1) is 10.1 Å². The molecule has 2 aromatic heterocycles. The zero-order valence-corrected chi connectivity index (χ0v) is 18.0. The van der Waals surface area contributed by atoms with Crippen LogP contribution in [-0.2, 0) is 17.9 Å². The van der Waals surface area contributed by atoms with E-state index < -0.39 is 10.8 Å². The van der Waals surface area contributed by atoms with E-state index in [4.69, 9.17) is 14.2 Å². The first kappa shape index (κ1) is 22.6. The smallest absolute Gasteiger partial charge is 0.350 e. The van der Waals surface area contributed by atoms with E-state index >= 15 is 0 Å². The van der Waals surface area contributed by atoms with Crippen LogP contribution in [0.25, 0.3) is 0 Å². The molecule has 3 aromatic rings. The number of ether oxygens (including phenoxy) is 3. The fourth-order valence-electron chi connectivity index (χ4n) is 2.99. The van der Waals surface area contributed by atoms with Crippen molar-refractivity contribution in [3.05, 3.63) is 52.5 Å². The third kappa shape index (κ3) is 5.53. The highest BCUT2D eigenvalue weighted by Gasteiger charge is 2.21. The zero-order valence-electron chi connectivity index (χ0n) is 18.0. The van der Waals surface area contributed by atoms with Crippen LogP contribution in [0.3, 0.4) is 0 Å². The van der Waals surface area contributed by atoms with Crippen LogP contribution in [0.4, 0.5) is 11.4 Å². The van der Waals surface area contributed by atoms with E-state index in [1.807, 2.05) is 32.0 Å². The molecular formula is C20H24N6O6. The summed E-state index contributed by atoms with van der Waals surface area (Å²) >= 11 is 0. The van der Waals surface area contributed by atoms with Crippen LogP contribution in [0.15, 0.2) is 36.8 Å². The van der Waals surface area contributed by atoms with Gasteiger partial charge in [-0.05, 0) is 31.5 Å². The van der Waals surface area contributed by atoms with Crippen molar-refractivity contribution in [2.24, 2.45) is 0 Å². The molecule has 2 heterocycles. The van der Waals surface area contributed by atoms with Crippen LogP contribution in [-0.4, -0.2) is 50.7 Å². The normalized spacial score (nSPS) is 10.6. The Hall–Kier alpha value is -4.09. The number of anilines is 1. The summed E-state index contributed by atoms with van der Waals surface area (Å²) in [6, 6.07) is 5.67. The zero-order chi connectivity index (χ0) is 23.1. The van der Waals surface area contributed by atoms with Gasteiger partial charge in [0.1, 0.15) is 12.7 Å². The van der Waals surface area contributed by atoms with Gasteiger partial charge in [0.2, 0.25) is 5.91 Å². The van der Waals surface area contributed by atoms with Crippen molar-refractivity contribution in [2.45, 2.75) is 26.9 Å². The van der Waals surface area contributed by atoms with E-state index in [-0.39, 0.29) is 18.1 Å². The SMILES string of the molecule is CCOc1ccc(Cn2cc(NC(=O)Cn3cc([N+](=O)[O-])c(OC)n3)cn2)cc1OCC. The van der Waals surface area contributed by atoms with E-state index in [2.05, 4.69) is 15.5 Å². The van der Waals surface area contributed by atoms with Crippen molar-refractivity contribution in [3.8, 4) is 17.4 Å². The second-order valence-corrected chi connectivity index (χ2v) is 6.60. The molecule has 1 aromatic carbocycles. The van der Waals surface area contributed by atoms with Crippen LogP contribution < -0.4 is 19.5 Å². The Morgan fingerprint density at radius 1 is 1.16 bits per heavy atom. The number of carbonyl (C=O) groups excluding carboxylic acids is 1. The minimum absolute atomic E-state index is 0.155. The first-order valence-electron chi connectivity index (χ1n) is 9.90. The lowest BCUT2D eigenvalue weighted by Gasteiger charge is -2.12. The Morgan fingerprint density at radius 2 is 1.91 bits per heavy atom. The molecule has 0 aliphatic carbocycles. The van der Waals surface area contributed by atoms with E-state index in [0.717, 1.165) is 16.4 Å². The van der Waals surface area contributed by atoms with Gasteiger partial charge in [-0.2, -0.15) is 5.10 Å². The molecule has 0 fully saturated rings. The standard InChI is InChI=1S/C20H24N6O6/c1-4-31-17-7-6-14(8-18(17)32-5-2)10-24-11-15(9-21-24)22-19(27)13-25-12-16(26(28)29)20(23-25)30-3/h6-9,11-12H,4-5,10,13H2,1-3H3,(H,22,27). The van der Waals surface area contributed by atoms with Gasteiger partial charge in [0.05, 0.1) is 43.7 Å². The van der Waals surface area contributed by atoms with Crippen LogP contribution in [0.5, 0.6) is 17.4 Å². The Kier molecular flexibility index (Phi) is 7.26. The van der Waals surface area contributed by atoms with Crippen molar-refractivity contribution >= 4 is 17.3 Å². The first-order chi connectivity index (χ1) is 15.4. The quantitative estimate of drug-likeness (QED) is 0.352. The van der Waals surface area contributed by atoms with E-state index in [1.54, 1.807) is 10.9 Å². The lowest BCUT2D eigenvalue weighted by molar-refractivity contribution is -0.385. The Bertz CT molecular complexity index is 1090. The molecule has 0 bridgehead atoms. The molecule has 12 heteroatoms. The molecule has 12 nitrogen and oxygen atoms in total. The summed E-state index contributed by atoms with van der Waals surface area (Å²) in [4.78, 5) is 22.6. The fraction of sp³-hybridized carbons (Fsp3) is 0.350. The van der Waals surface area contributed by atoms with Crippen molar-refractivity contribution in [1.82, 2.24) is 19.6 Å². The number of carbonyl (C=O) groups is 1. The number of methoxy groups -OCH3 is 1. The van der Waals surface area contributed by atoms with Gasteiger partial charge in [0.25, 0.3) is 0 Å². The van der Waals surface area contributed by atoms with E-state index in [9.17, 15) is 14.9 Å². The topological polar surface area (TPSA) is 136 Å². The van der Waals surface area contributed by atoms with Gasteiger partial charge in [0, 0.05) is 6.20 Å². The van der Waals surface area contributed by atoms with Gasteiger partial charge < -0.3 is 19.5 Å². The molecular weight excluding hydrogens is 420 g/mol. The minimum atomic E-state index is -0.623. The van der Waals surface area contributed by atoms with Gasteiger partial charge >= 0.3 is 11.6 Å². The molecule has 32 heavy (non-hydrogen) atoms. The van der Waals surface area contributed by atoms with Gasteiger partial charge in [-0.1, -0.05) is 6.07 Å². The summed E-state index contributed by atoms with van der Waals surface area (Å²) in [5.74, 6) is 0.778. The fourth-order valence-corrected chi connectivity index (χ4v) is 2.99. The number of rotatable bonds is 11. The molecule has 0 spiro atoms. The largest absolute Gasteiger partial charge is 0.490 e. The minimum Gasteiger partial charge on any atom is -0.490 e. The third-order valence-electron chi connectivity index (χ3n) is 4.27. The molecule has 1 N–H and O–H groups in total. The molecule has 0 unspecified atom stereocenters. The molecule has 0 atom stereocenters. The predicted molar refractivity (Wildman–Crippen MR) is 114 cm³/mol. The highest BCUT2D eigenvalue weighted by atomic mass is 16.6. The molecule has 0 radical (unpaired) electrons.